The van der Waals surface area contributed by atoms with E-state index in [0.717, 1.165) is 6.42 Å². The summed E-state index contributed by atoms with van der Waals surface area (Å²) in [5, 5.41) is 0.123. The molecule has 20 heavy (non-hydrogen) atoms. The second-order valence-corrected chi connectivity index (χ2v) is 4.97. The molecule has 2 aromatic heterocycles. The first kappa shape index (κ1) is 14.5. The van der Waals surface area contributed by atoms with Gasteiger partial charge in [0.05, 0.1) is 12.9 Å². The third-order valence-corrected chi connectivity index (χ3v) is 3.03. The molecule has 0 bridgehead atoms. The Bertz CT molecular complexity index is 611. The molecule has 0 spiro atoms. The van der Waals surface area contributed by atoms with Crippen LogP contribution in [0.2, 0.25) is 5.28 Å². The van der Waals surface area contributed by atoms with Gasteiger partial charge in [0, 0.05) is 20.6 Å². The van der Waals surface area contributed by atoms with E-state index in [1.165, 1.54) is 6.33 Å². The Kier molecular flexibility index (Phi) is 4.39. The van der Waals surface area contributed by atoms with E-state index in [0.29, 0.717) is 23.5 Å². The number of fused-ring (bicyclic) bond motifs is 1. The van der Waals surface area contributed by atoms with Gasteiger partial charge < -0.3 is 14.8 Å². The van der Waals surface area contributed by atoms with Crippen LogP contribution in [0.5, 0.6) is 0 Å². The number of carbonyl (C=O) groups excluding carboxylic acids is 1. The van der Waals surface area contributed by atoms with Gasteiger partial charge in [-0.3, -0.25) is 4.79 Å². The van der Waals surface area contributed by atoms with Crippen molar-refractivity contribution in [2.45, 2.75) is 13.3 Å². The van der Waals surface area contributed by atoms with Gasteiger partial charge in [0.15, 0.2) is 11.5 Å². The SMILES string of the molecule is CCCN(CC(=O)N(C)C)c1nc(Cl)nc2nc[nH]c12. The van der Waals surface area contributed by atoms with Crippen LogP contribution in [-0.4, -0.2) is 57.9 Å². The molecule has 0 saturated heterocycles. The highest BCUT2D eigenvalue weighted by Gasteiger charge is 2.18. The lowest BCUT2D eigenvalue weighted by Gasteiger charge is -2.24. The number of hydrogen-bond acceptors (Lipinski definition) is 5. The van der Waals surface area contributed by atoms with Crippen molar-refractivity contribution in [1.82, 2.24) is 24.8 Å². The lowest BCUT2D eigenvalue weighted by atomic mass is 10.3. The van der Waals surface area contributed by atoms with Crippen molar-refractivity contribution in [3.63, 3.8) is 0 Å². The zero-order valence-electron chi connectivity index (χ0n) is 11.7. The third-order valence-electron chi connectivity index (χ3n) is 2.86. The molecule has 1 amide bonds. The molecule has 0 aromatic carbocycles. The van der Waals surface area contributed by atoms with Crippen molar-refractivity contribution in [3.8, 4) is 0 Å². The molecule has 108 valence electrons. The summed E-state index contributed by atoms with van der Waals surface area (Å²) in [6.45, 7) is 2.98. The van der Waals surface area contributed by atoms with Gasteiger partial charge in [0.1, 0.15) is 5.52 Å². The zero-order chi connectivity index (χ0) is 14.7. The number of amides is 1. The van der Waals surface area contributed by atoms with Gasteiger partial charge in [-0.1, -0.05) is 6.92 Å². The summed E-state index contributed by atoms with van der Waals surface area (Å²) in [6, 6.07) is 0. The van der Waals surface area contributed by atoms with Crippen LogP contribution >= 0.6 is 11.6 Å². The van der Waals surface area contributed by atoms with Crippen LogP contribution in [0.15, 0.2) is 6.33 Å². The van der Waals surface area contributed by atoms with Gasteiger partial charge in [-0.2, -0.15) is 9.97 Å². The molecule has 0 aliphatic rings. The maximum atomic E-state index is 11.9. The summed E-state index contributed by atoms with van der Waals surface area (Å²) in [4.78, 5) is 30.7. The molecule has 0 saturated carbocycles. The molecule has 0 unspecified atom stereocenters. The Balaban J connectivity index is 2.40. The van der Waals surface area contributed by atoms with Gasteiger partial charge in [0.25, 0.3) is 0 Å². The molecule has 1 N–H and O–H groups in total. The largest absolute Gasteiger partial charge is 0.347 e. The van der Waals surface area contributed by atoms with Gasteiger partial charge in [-0.15, -0.1) is 0 Å². The minimum absolute atomic E-state index is 0.000787. The van der Waals surface area contributed by atoms with E-state index < -0.39 is 0 Å². The predicted molar refractivity (Wildman–Crippen MR) is 77.9 cm³/mol. The van der Waals surface area contributed by atoms with Gasteiger partial charge in [-0.05, 0) is 18.0 Å². The molecule has 2 rings (SSSR count). The normalized spacial score (nSPS) is 10.8. The van der Waals surface area contributed by atoms with Crippen molar-refractivity contribution < 1.29 is 4.79 Å². The van der Waals surface area contributed by atoms with Gasteiger partial charge >= 0.3 is 0 Å². The highest BCUT2D eigenvalue weighted by atomic mass is 35.5. The maximum absolute atomic E-state index is 11.9. The second-order valence-electron chi connectivity index (χ2n) is 4.63. The number of imidazole rings is 1. The predicted octanol–water partition coefficient (Wildman–Crippen LogP) is 1.31. The number of H-pyrrole nitrogens is 1. The number of hydrogen-bond donors (Lipinski definition) is 1. The van der Waals surface area contributed by atoms with Crippen molar-refractivity contribution in [2.24, 2.45) is 0 Å². The molecule has 8 heteroatoms. The topological polar surface area (TPSA) is 78.0 Å². The second kappa shape index (κ2) is 6.04. The lowest BCUT2D eigenvalue weighted by Crippen LogP contribution is -2.37. The van der Waals surface area contributed by atoms with Gasteiger partial charge in [0.2, 0.25) is 11.2 Å². The molecule has 0 radical (unpaired) electrons. The Labute approximate surface area is 122 Å². The number of aromatic nitrogens is 4. The number of nitrogens with zero attached hydrogens (tertiary/aromatic N) is 5. The molecule has 0 aliphatic carbocycles. The molecule has 0 aliphatic heterocycles. The highest BCUT2D eigenvalue weighted by molar-refractivity contribution is 6.28. The number of carbonyl (C=O) groups is 1. The first-order valence-electron chi connectivity index (χ1n) is 6.34. The van der Waals surface area contributed by atoms with Crippen LogP contribution in [0.3, 0.4) is 0 Å². The molecule has 7 nitrogen and oxygen atoms in total. The average Bonchev–Trinajstić information content (AvgIpc) is 2.84. The Hall–Kier alpha value is -1.89. The fourth-order valence-corrected chi connectivity index (χ4v) is 2.02. The Morgan fingerprint density at radius 2 is 2.15 bits per heavy atom. The van der Waals surface area contributed by atoms with Crippen molar-refractivity contribution in [2.75, 3.05) is 32.1 Å². The monoisotopic (exact) mass is 296 g/mol. The number of likely N-dealkylation sites (N-methyl/N-ethyl adjacent to an activating group) is 1. The average molecular weight is 297 g/mol. The number of rotatable bonds is 5. The van der Waals surface area contributed by atoms with E-state index in [1.54, 1.807) is 19.0 Å². The van der Waals surface area contributed by atoms with E-state index in [9.17, 15) is 4.79 Å². The number of nitrogens with one attached hydrogen (secondary N) is 1. The summed E-state index contributed by atoms with van der Waals surface area (Å²) < 4.78 is 0. The van der Waals surface area contributed by atoms with Crippen molar-refractivity contribution in [3.05, 3.63) is 11.6 Å². The first-order chi connectivity index (χ1) is 9.52. The van der Waals surface area contributed by atoms with Crippen LogP contribution < -0.4 is 4.90 Å². The molecule has 2 aromatic rings. The zero-order valence-corrected chi connectivity index (χ0v) is 12.5. The van der Waals surface area contributed by atoms with Crippen LogP contribution in [0.4, 0.5) is 5.82 Å². The van der Waals surface area contributed by atoms with E-state index in [1.807, 2.05) is 11.8 Å². The summed E-state index contributed by atoms with van der Waals surface area (Å²) >= 11 is 5.93. The number of aromatic amines is 1. The molecule has 2 heterocycles. The Morgan fingerprint density at radius 3 is 2.80 bits per heavy atom. The fraction of sp³-hybridized carbons (Fsp3) is 0.500. The minimum Gasteiger partial charge on any atom is -0.347 e. The number of halogens is 1. The smallest absolute Gasteiger partial charge is 0.241 e. The van der Waals surface area contributed by atoms with Gasteiger partial charge in [-0.25, -0.2) is 4.98 Å². The van der Waals surface area contributed by atoms with E-state index in [4.69, 9.17) is 11.6 Å². The van der Waals surface area contributed by atoms with E-state index in [2.05, 4.69) is 19.9 Å². The van der Waals surface area contributed by atoms with E-state index in [-0.39, 0.29) is 17.7 Å². The van der Waals surface area contributed by atoms with Crippen LogP contribution in [-0.2, 0) is 4.79 Å². The van der Waals surface area contributed by atoms with Crippen LogP contribution in [0.25, 0.3) is 11.2 Å². The standard InChI is InChI=1S/C12H17ClN6O/c1-4-5-19(6-8(20)18(2)3)11-9-10(15-7-14-9)16-12(13)17-11/h7H,4-6H2,1-3H3,(H,14,15,16,17). The molecular formula is C12H17ClN6O. The maximum Gasteiger partial charge on any atom is 0.241 e. The quantitative estimate of drug-likeness (QED) is 0.842. The molecular weight excluding hydrogens is 280 g/mol. The van der Waals surface area contributed by atoms with Crippen molar-refractivity contribution >= 4 is 34.5 Å². The number of anilines is 1. The summed E-state index contributed by atoms with van der Waals surface area (Å²) in [5.74, 6) is 0.607. The van der Waals surface area contributed by atoms with Crippen molar-refractivity contribution in [1.29, 1.82) is 0 Å². The summed E-state index contributed by atoms with van der Waals surface area (Å²) in [7, 11) is 3.45. The third kappa shape index (κ3) is 2.98. The molecule has 0 fully saturated rings. The van der Waals surface area contributed by atoms with Crippen LogP contribution in [0, 0.1) is 0 Å². The Morgan fingerprint density at radius 1 is 1.40 bits per heavy atom. The minimum atomic E-state index is 0.000787. The first-order valence-corrected chi connectivity index (χ1v) is 6.72. The molecule has 0 atom stereocenters. The lowest BCUT2D eigenvalue weighted by molar-refractivity contribution is -0.127. The van der Waals surface area contributed by atoms with Crippen LogP contribution in [0.1, 0.15) is 13.3 Å². The van der Waals surface area contributed by atoms with E-state index >= 15 is 0 Å². The highest BCUT2D eigenvalue weighted by Crippen LogP contribution is 2.22. The summed E-state index contributed by atoms with van der Waals surface area (Å²) in [6.07, 6.45) is 2.43. The fourth-order valence-electron chi connectivity index (χ4n) is 1.86. The summed E-state index contributed by atoms with van der Waals surface area (Å²) in [5.41, 5.74) is 1.19.